The lowest BCUT2D eigenvalue weighted by Gasteiger charge is -2.18. The third kappa shape index (κ3) is 4.90. The second kappa shape index (κ2) is 5.59. The van der Waals surface area contributed by atoms with Crippen LogP contribution in [0.4, 0.5) is 5.82 Å². The predicted octanol–water partition coefficient (Wildman–Crippen LogP) is 2.37. The van der Waals surface area contributed by atoms with Crippen molar-refractivity contribution < 1.29 is 5.11 Å². The maximum absolute atomic E-state index is 9.60. The Labute approximate surface area is 105 Å². The molecule has 0 fully saturated rings. The zero-order valence-electron chi connectivity index (χ0n) is 9.92. The van der Waals surface area contributed by atoms with Gasteiger partial charge in [-0.2, -0.15) is 0 Å². The minimum atomic E-state index is -0.748. The van der Waals surface area contributed by atoms with Gasteiger partial charge in [-0.05, 0) is 36.2 Å². The number of hydrogen-bond donors (Lipinski definition) is 2. The van der Waals surface area contributed by atoms with Crippen molar-refractivity contribution in [1.29, 1.82) is 0 Å². The van der Waals surface area contributed by atoms with Gasteiger partial charge in [0.15, 0.2) is 0 Å². The molecule has 4 nitrogen and oxygen atoms in total. The Bertz CT molecular complexity index is 350. The summed E-state index contributed by atoms with van der Waals surface area (Å²) in [6.45, 7) is 6.06. The van der Waals surface area contributed by atoms with Gasteiger partial charge >= 0.3 is 0 Å². The molecule has 0 aliphatic carbocycles. The van der Waals surface area contributed by atoms with Crippen LogP contribution in [0.5, 0.6) is 0 Å². The average Bonchev–Trinajstić information content (AvgIpc) is 2.13. The van der Waals surface area contributed by atoms with E-state index in [2.05, 4.69) is 38.1 Å². The van der Waals surface area contributed by atoms with Crippen molar-refractivity contribution in [3.8, 4) is 0 Å². The number of aryl methyl sites for hydroxylation is 1. The smallest absolute Gasteiger partial charge is 0.132 e. The summed E-state index contributed by atoms with van der Waals surface area (Å²) in [5.41, 5.74) is -0.748. The number of aliphatic hydroxyl groups is 1. The van der Waals surface area contributed by atoms with E-state index >= 15 is 0 Å². The Hall–Kier alpha value is -0.680. The first-order valence-electron chi connectivity index (χ1n) is 5.40. The van der Waals surface area contributed by atoms with Crippen LogP contribution >= 0.6 is 15.9 Å². The molecule has 1 aromatic heterocycles. The lowest BCUT2D eigenvalue weighted by atomic mass is 10.1. The third-order valence-corrected chi connectivity index (χ3v) is 2.32. The molecule has 0 bridgehead atoms. The summed E-state index contributed by atoms with van der Waals surface area (Å²) in [4.78, 5) is 8.63. The van der Waals surface area contributed by atoms with Crippen molar-refractivity contribution in [3.63, 3.8) is 0 Å². The minimum Gasteiger partial charge on any atom is -0.389 e. The highest BCUT2D eigenvalue weighted by molar-refractivity contribution is 9.10. The third-order valence-electron chi connectivity index (χ3n) is 1.92. The van der Waals surface area contributed by atoms with Crippen molar-refractivity contribution in [3.05, 3.63) is 16.5 Å². The van der Waals surface area contributed by atoms with Crippen molar-refractivity contribution >= 4 is 21.7 Å². The fraction of sp³-hybridized carbons (Fsp3) is 0.636. The molecule has 0 saturated carbocycles. The van der Waals surface area contributed by atoms with Gasteiger partial charge < -0.3 is 10.4 Å². The molecule has 5 heteroatoms. The molecule has 0 atom stereocenters. The molecule has 0 saturated heterocycles. The zero-order valence-corrected chi connectivity index (χ0v) is 11.5. The fourth-order valence-electron chi connectivity index (χ4n) is 1.20. The first-order chi connectivity index (χ1) is 7.40. The van der Waals surface area contributed by atoms with Gasteiger partial charge in [-0.3, -0.25) is 0 Å². The number of rotatable bonds is 5. The van der Waals surface area contributed by atoms with E-state index in [9.17, 15) is 5.11 Å². The SMILES string of the molecule is CCCc1nc(Br)cc(NCC(C)(C)O)n1. The molecule has 2 N–H and O–H groups in total. The molecule has 1 heterocycles. The molecule has 0 spiro atoms. The van der Waals surface area contributed by atoms with Crippen LogP contribution in [-0.2, 0) is 6.42 Å². The van der Waals surface area contributed by atoms with E-state index < -0.39 is 5.60 Å². The van der Waals surface area contributed by atoms with Gasteiger partial charge in [-0.1, -0.05) is 6.92 Å². The Kier molecular flexibility index (Phi) is 4.68. The van der Waals surface area contributed by atoms with E-state index in [1.807, 2.05) is 6.07 Å². The van der Waals surface area contributed by atoms with Crippen LogP contribution in [-0.4, -0.2) is 27.2 Å². The highest BCUT2D eigenvalue weighted by atomic mass is 79.9. The van der Waals surface area contributed by atoms with Crippen LogP contribution < -0.4 is 5.32 Å². The van der Waals surface area contributed by atoms with E-state index in [1.165, 1.54) is 0 Å². The van der Waals surface area contributed by atoms with Gasteiger partial charge in [0.2, 0.25) is 0 Å². The summed E-state index contributed by atoms with van der Waals surface area (Å²) < 4.78 is 0.768. The standard InChI is InChI=1S/C11H18BrN3O/c1-4-5-9-14-8(12)6-10(15-9)13-7-11(2,3)16/h6,16H,4-5,7H2,1-3H3,(H,13,14,15). The normalized spacial score (nSPS) is 11.6. The number of hydrogen-bond acceptors (Lipinski definition) is 4. The number of nitrogens with one attached hydrogen (secondary N) is 1. The van der Waals surface area contributed by atoms with Crippen molar-refractivity contribution in [2.75, 3.05) is 11.9 Å². The van der Waals surface area contributed by atoms with Crippen LogP contribution in [0.25, 0.3) is 0 Å². The predicted molar refractivity (Wildman–Crippen MR) is 68.5 cm³/mol. The first-order valence-corrected chi connectivity index (χ1v) is 6.20. The molecular weight excluding hydrogens is 270 g/mol. The molecule has 0 radical (unpaired) electrons. The van der Waals surface area contributed by atoms with E-state index in [-0.39, 0.29) is 0 Å². The molecule has 0 aromatic carbocycles. The number of halogens is 1. The molecule has 0 amide bonds. The monoisotopic (exact) mass is 287 g/mol. The zero-order chi connectivity index (χ0) is 12.2. The van der Waals surface area contributed by atoms with Crippen molar-refractivity contribution in [2.24, 2.45) is 0 Å². The number of nitrogens with zero attached hydrogens (tertiary/aromatic N) is 2. The van der Waals surface area contributed by atoms with Crippen LogP contribution in [0.1, 0.15) is 33.0 Å². The van der Waals surface area contributed by atoms with Crippen LogP contribution in [0.3, 0.4) is 0 Å². The number of aromatic nitrogens is 2. The Morgan fingerprint density at radius 2 is 2.12 bits per heavy atom. The largest absolute Gasteiger partial charge is 0.389 e. The maximum atomic E-state index is 9.60. The minimum absolute atomic E-state index is 0.460. The topological polar surface area (TPSA) is 58.0 Å². The lowest BCUT2D eigenvalue weighted by molar-refractivity contribution is 0.0944. The van der Waals surface area contributed by atoms with Crippen LogP contribution in [0, 0.1) is 0 Å². The summed E-state index contributed by atoms with van der Waals surface area (Å²) in [7, 11) is 0. The molecule has 0 aliphatic heterocycles. The molecule has 0 unspecified atom stereocenters. The quantitative estimate of drug-likeness (QED) is 0.817. The molecule has 90 valence electrons. The van der Waals surface area contributed by atoms with Crippen molar-refractivity contribution in [2.45, 2.75) is 39.2 Å². The van der Waals surface area contributed by atoms with E-state index in [0.29, 0.717) is 6.54 Å². The lowest BCUT2D eigenvalue weighted by Crippen LogP contribution is -2.29. The van der Waals surface area contributed by atoms with E-state index in [0.717, 1.165) is 29.1 Å². The Morgan fingerprint density at radius 3 is 2.69 bits per heavy atom. The average molecular weight is 288 g/mol. The summed E-state index contributed by atoms with van der Waals surface area (Å²) in [6.07, 6.45) is 1.87. The van der Waals surface area contributed by atoms with Crippen molar-refractivity contribution in [1.82, 2.24) is 9.97 Å². The number of anilines is 1. The van der Waals surface area contributed by atoms with Crippen LogP contribution in [0.2, 0.25) is 0 Å². The Balaban J connectivity index is 2.72. The second-order valence-electron chi connectivity index (χ2n) is 4.41. The maximum Gasteiger partial charge on any atom is 0.132 e. The highest BCUT2D eigenvalue weighted by Crippen LogP contribution is 2.14. The molecule has 1 rings (SSSR count). The van der Waals surface area contributed by atoms with Gasteiger partial charge in [-0.25, -0.2) is 9.97 Å². The van der Waals surface area contributed by atoms with Crippen LogP contribution in [0.15, 0.2) is 10.7 Å². The second-order valence-corrected chi connectivity index (χ2v) is 5.22. The van der Waals surface area contributed by atoms with Gasteiger partial charge in [0.05, 0.1) is 5.60 Å². The van der Waals surface area contributed by atoms with Gasteiger partial charge in [0.1, 0.15) is 16.2 Å². The van der Waals surface area contributed by atoms with E-state index in [4.69, 9.17) is 0 Å². The van der Waals surface area contributed by atoms with Gasteiger partial charge in [-0.15, -0.1) is 0 Å². The first kappa shape index (κ1) is 13.4. The molecule has 0 aliphatic rings. The summed E-state index contributed by atoms with van der Waals surface area (Å²) >= 11 is 3.35. The highest BCUT2D eigenvalue weighted by Gasteiger charge is 2.12. The molecule has 1 aromatic rings. The van der Waals surface area contributed by atoms with E-state index in [1.54, 1.807) is 13.8 Å². The Morgan fingerprint density at radius 1 is 1.44 bits per heavy atom. The van der Waals surface area contributed by atoms with Gasteiger partial charge in [0.25, 0.3) is 0 Å². The summed E-state index contributed by atoms with van der Waals surface area (Å²) in [5.74, 6) is 1.56. The summed E-state index contributed by atoms with van der Waals surface area (Å²) in [5, 5.41) is 12.7. The molecule has 16 heavy (non-hydrogen) atoms. The molecular formula is C11H18BrN3O. The fourth-order valence-corrected chi connectivity index (χ4v) is 1.62. The summed E-state index contributed by atoms with van der Waals surface area (Å²) in [6, 6.07) is 1.81. The van der Waals surface area contributed by atoms with Gasteiger partial charge in [0, 0.05) is 19.0 Å².